The van der Waals surface area contributed by atoms with E-state index in [-0.39, 0.29) is 0 Å². The number of anilines is 1. The largest absolute Gasteiger partial charge is 0.353 e. The van der Waals surface area contributed by atoms with Gasteiger partial charge in [-0.2, -0.15) is 0 Å². The van der Waals surface area contributed by atoms with Crippen LogP contribution in [0.2, 0.25) is 0 Å². The number of thiazole rings is 1. The summed E-state index contributed by atoms with van der Waals surface area (Å²) < 4.78 is 1.87. The molecule has 5 nitrogen and oxygen atoms in total. The molecule has 0 saturated carbocycles. The molecular formula is C12H16N4OS. The molecule has 18 heavy (non-hydrogen) atoms. The highest BCUT2D eigenvalue weighted by atomic mass is 32.1. The molecule has 1 aliphatic rings. The zero-order valence-corrected chi connectivity index (χ0v) is 11.4. The molecule has 2 aromatic rings. The molecule has 1 saturated heterocycles. The number of hydrogen-bond acceptors (Lipinski definition) is 5. The minimum absolute atomic E-state index is 0.546. The van der Waals surface area contributed by atoms with Crippen LogP contribution >= 0.6 is 11.3 Å². The smallest absolute Gasteiger partial charge is 0.196 e. The van der Waals surface area contributed by atoms with Crippen molar-refractivity contribution in [3.05, 3.63) is 17.3 Å². The Balaban J connectivity index is 1.95. The average molecular weight is 264 g/mol. The lowest BCUT2D eigenvalue weighted by molar-refractivity contribution is 0.111. The number of likely N-dealkylation sites (N-methyl/N-ethyl adjacent to an activating group) is 1. The second-order valence-corrected chi connectivity index (χ2v) is 5.72. The molecule has 0 amide bonds. The van der Waals surface area contributed by atoms with Crippen LogP contribution in [0.15, 0.2) is 11.6 Å². The van der Waals surface area contributed by atoms with Crippen LogP contribution in [0.25, 0.3) is 4.96 Å². The van der Waals surface area contributed by atoms with Crippen molar-refractivity contribution in [2.45, 2.75) is 12.5 Å². The number of nitrogens with zero attached hydrogens (tertiary/aromatic N) is 4. The van der Waals surface area contributed by atoms with E-state index in [2.05, 4.69) is 28.9 Å². The first-order chi connectivity index (χ1) is 8.70. The summed E-state index contributed by atoms with van der Waals surface area (Å²) >= 11 is 1.56. The molecule has 1 unspecified atom stereocenters. The first-order valence-electron chi connectivity index (χ1n) is 6.03. The molecular weight excluding hydrogens is 248 g/mol. The summed E-state index contributed by atoms with van der Waals surface area (Å²) in [6.45, 7) is 1.91. The van der Waals surface area contributed by atoms with Gasteiger partial charge in [-0.1, -0.05) is 0 Å². The van der Waals surface area contributed by atoms with E-state index in [0.717, 1.165) is 36.6 Å². The van der Waals surface area contributed by atoms with E-state index in [1.807, 2.05) is 16.0 Å². The number of rotatable bonds is 3. The van der Waals surface area contributed by atoms with Crippen molar-refractivity contribution in [1.82, 2.24) is 14.3 Å². The molecule has 1 aliphatic heterocycles. The fourth-order valence-corrected chi connectivity index (χ4v) is 3.21. The lowest BCUT2D eigenvalue weighted by Gasteiger charge is -2.20. The molecule has 0 spiro atoms. The zero-order chi connectivity index (χ0) is 12.7. The van der Waals surface area contributed by atoms with E-state index in [4.69, 9.17) is 0 Å². The van der Waals surface area contributed by atoms with Crippen molar-refractivity contribution in [2.75, 3.05) is 32.1 Å². The number of imidazole rings is 1. The predicted molar refractivity (Wildman–Crippen MR) is 72.8 cm³/mol. The number of fused-ring (bicyclic) bond motifs is 1. The first-order valence-corrected chi connectivity index (χ1v) is 6.91. The van der Waals surface area contributed by atoms with E-state index < -0.39 is 0 Å². The Bertz CT molecular complexity index is 574. The first kappa shape index (κ1) is 11.7. The Kier molecular flexibility index (Phi) is 2.83. The van der Waals surface area contributed by atoms with Gasteiger partial charge >= 0.3 is 0 Å². The van der Waals surface area contributed by atoms with Gasteiger partial charge in [0, 0.05) is 30.7 Å². The second-order valence-electron chi connectivity index (χ2n) is 4.85. The number of carbonyl (C=O) groups excluding carboxylic acids is 1. The van der Waals surface area contributed by atoms with Gasteiger partial charge in [-0.25, -0.2) is 4.98 Å². The van der Waals surface area contributed by atoms with Gasteiger partial charge < -0.3 is 9.80 Å². The molecule has 0 radical (unpaired) electrons. The van der Waals surface area contributed by atoms with Crippen LogP contribution in [0.5, 0.6) is 0 Å². The van der Waals surface area contributed by atoms with Crippen molar-refractivity contribution in [3.63, 3.8) is 0 Å². The van der Waals surface area contributed by atoms with Gasteiger partial charge in [0.15, 0.2) is 17.1 Å². The van der Waals surface area contributed by atoms with Gasteiger partial charge in [0.25, 0.3) is 0 Å². The highest BCUT2D eigenvalue weighted by Gasteiger charge is 2.28. The summed E-state index contributed by atoms with van der Waals surface area (Å²) in [5.41, 5.74) is 0.672. The van der Waals surface area contributed by atoms with Crippen molar-refractivity contribution in [3.8, 4) is 0 Å². The highest BCUT2D eigenvalue weighted by Crippen LogP contribution is 2.27. The summed E-state index contributed by atoms with van der Waals surface area (Å²) in [5.74, 6) is 0.834. The van der Waals surface area contributed by atoms with Crippen LogP contribution in [0.1, 0.15) is 16.9 Å². The molecule has 1 atom stereocenters. The summed E-state index contributed by atoms with van der Waals surface area (Å²) in [4.78, 5) is 21.2. The third kappa shape index (κ3) is 1.72. The van der Waals surface area contributed by atoms with Crippen molar-refractivity contribution in [2.24, 2.45) is 0 Å². The second kappa shape index (κ2) is 4.37. The molecule has 0 N–H and O–H groups in total. The molecule has 0 aliphatic carbocycles. The molecule has 1 fully saturated rings. The van der Waals surface area contributed by atoms with Gasteiger partial charge in [-0.15, -0.1) is 11.3 Å². The maximum atomic E-state index is 11.3. The summed E-state index contributed by atoms with van der Waals surface area (Å²) in [7, 11) is 4.20. The van der Waals surface area contributed by atoms with Crippen molar-refractivity contribution >= 4 is 28.4 Å². The maximum Gasteiger partial charge on any atom is 0.196 e. The monoisotopic (exact) mass is 264 g/mol. The summed E-state index contributed by atoms with van der Waals surface area (Å²) in [5, 5.41) is 1.95. The lowest BCUT2D eigenvalue weighted by Crippen LogP contribution is -2.31. The molecule has 0 bridgehead atoms. The van der Waals surface area contributed by atoms with Gasteiger partial charge in [0.1, 0.15) is 5.69 Å². The standard InChI is InChI=1S/C12H16N4OS/c1-14(2)9-3-4-15(7-9)11-10(8-17)16-5-6-18-12(16)13-11/h5-6,8-9H,3-4,7H2,1-2H3. The van der Waals surface area contributed by atoms with Crippen LogP contribution in [-0.4, -0.2) is 53.8 Å². The third-order valence-corrected chi connectivity index (χ3v) is 4.34. The Hall–Kier alpha value is -1.40. The van der Waals surface area contributed by atoms with Gasteiger partial charge in [-0.3, -0.25) is 9.20 Å². The van der Waals surface area contributed by atoms with Gasteiger partial charge in [0.05, 0.1) is 0 Å². The minimum Gasteiger partial charge on any atom is -0.353 e. The minimum atomic E-state index is 0.546. The normalized spacial score (nSPS) is 20.2. The van der Waals surface area contributed by atoms with E-state index in [1.165, 1.54) is 0 Å². The van der Waals surface area contributed by atoms with Gasteiger partial charge in [-0.05, 0) is 20.5 Å². The molecule has 3 rings (SSSR count). The quantitative estimate of drug-likeness (QED) is 0.785. The van der Waals surface area contributed by atoms with Crippen LogP contribution < -0.4 is 4.90 Å². The van der Waals surface area contributed by atoms with E-state index >= 15 is 0 Å². The van der Waals surface area contributed by atoms with Crippen LogP contribution in [0.3, 0.4) is 0 Å². The fourth-order valence-electron chi connectivity index (χ4n) is 2.49. The Morgan fingerprint density at radius 2 is 2.39 bits per heavy atom. The van der Waals surface area contributed by atoms with E-state index in [1.54, 1.807) is 11.3 Å². The molecule has 6 heteroatoms. The van der Waals surface area contributed by atoms with E-state index in [0.29, 0.717) is 11.7 Å². The molecule has 0 aromatic carbocycles. The SMILES string of the molecule is CN(C)C1CCN(c2nc3sccn3c2C=O)C1. The Morgan fingerprint density at radius 3 is 3.06 bits per heavy atom. The molecule has 96 valence electrons. The number of aldehydes is 1. The molecule has 2 aromatic heterocycles. The highest BCUT2D eigenvalue weighted by molar-refractivity contribution is 7.15. The van der Waals surface area contributed by atoms with E-state index in [9.17, 15) is 4.79 Å². The number of aromatic nitrogens is 2. The maximum absolute atomic E-state index is 11.3. The summed E-state index contributed by atoms with van der Waals surface area (Å²) in [6, 6.07) is 0.546. The summed E-state index contributed by atoms with van der Waals surface area (Å²) in [6.07, 6.45) is 3.93. The van der Waals surface area contributed by atoms with Crippen molar-refractivity contribution < 1.29 is 4.79 Å². The molecule has 3 heterocycles. The number of carbonyl (C=O) groups is 1. The third-order valence-electron chi connectivity index (χ3n) is 3.58. The Morgan fingerprint density at radius 1 is 1.56 bits per heavy atom. The lowest BCUT2D eigenvalue weighted by atomic mass is 10.2. The van der Waals surface area contributed by atoms with Crippen LogP contribution in [0.4, 0.5) is 5.82 Å². The predicted octanol–water partition coefficient (Wildman–Crippen LogP) is 1.35. The zero-order valence-electron chi connectivity index (χ0n) is 10.5. The Labute approximate surface area is 110 Å². The fraction of sp³-hybridized carbons (Fsp3) is 0.500. The topological polar surface area (TPSA) is 40.9 Å². The van der Waals surface area contributed by atoms with Crippen LogP contribution in [-0.2, 0) is 0 Å². The van der Waals surface area contributed by atoms with Gasteiger partial charge in [0.2, 0.25) is 0 Å². The van der Waals surface area contributed by atoms with Crippen LogP contribution in [0, 0.1) is 0 Å². The van der Waals surface area contributed by atoms with Crippen molar-refractivity contribution in [1.29, 1.82) is 0 Å². The average Bonchev–Trinajstić information content (AvgIpc) is 3.02. The number of hydrogen-bond donors (Lipinski definition) is 0.